The Morgan fingerprint density at radius 1 is 1.35 bits per heavy atom. The minimum atomic E-state index is -5.08. The number of aliphatic carboxylic acids is 1. The molecule has 8 nitrogen and oxygen atoms in total. The molecule has 1 aromatic heterocycles. The average molecular weight is 546 g/mol. The summed E-state index contributed by atoms with van der Waals surface area (Å²) in [4.78, 5) is 17.0. The van der Waals surface area contributed by atoms with E-state index in [0.717, 1.165) is 10.4 Å². The molecule has 17 heteroatoms. The normalized spacial score (nSPS) is 24.1. The van der Waals surface area contributed by atoms with Gasteiger partial charge in [0.15, 0.2) is 0 Å². The SMILES string of the molecule is CN1C(N)=N[C@](C)(c2nc(Br)ccc2F)C[S@]1(=O)=NCC(F)(F)F.O=C(O)C(F)(F)F. The number of guanidine groups is 1. The van der Waals surface area contributed by atoms with E-state index in [0.29, 0.717) is 4.60 Å². The minimum Gasteiger partial charge on any atom is -0.475 e. The van der Waals surface area contributed by atoms with Gasteiger partial charge in [-0.25, -0.2) is 27.7 Å². The summed E-state index contributed by atoms with van der Waals surface area (Å²) in [5.41, 5.74) is 3.99. The van der Waals surface area contributed by atoms with Crippen molar-refractivity contribution < 1.29 is 44.8 Å². The number of alkyl halides is 6. The number of hydrogen-bond acceptors (Lipinski definition) is 6. The van der Waals surface area contributed by atoms with E-state index in [2.05, 4.69) is 30.3 Å². The molecule has 1 aliphatic rings. The molecular formula is C14H15BrF7N5O3S. The van der Waals surface area contributed by atoms with E-state index < -0.39 is 51.9 Å². The van der Waals surface area contributed by atoms with Crippen LogP contribution < -0.4 is 5.73 Å². The van der Waals surface area contributed by atoms with Crippen molar-refractivity contribution in [3.63, 3.8) is 0 Å². The Labute approximate surface area is 179 Å². The number of pyridine rings is 1. The predicted molar refractivity (Wildman–Crippen MR) is 98.7 cm³/mol. The van der Waals surface area contributed by atoms with Crippen LogP contribution in [0.25, 0.3) is 0 Å². The van der Waals surface area contributed by atoms with Gasteiger partial charge < -0.3 is 10.8 Å². The fourth-order valence-corrected chi connectivity index (χ4v) is 4.57. The number of carbonyl (C=O) groups is 1. The number of carboxylic acids is 1. The molecule has 2 rings (SSSR count). The number of aromatic nitrogens is 1. The lowest BCUT2D eigenvalue weighted by Crippen LogP contribution is -2.51. The molecule has 1 aliphatic heterocycles. The van der Waals surface area contributed by atoms with Crippen LogP contribution in [0.5, 0.6) is 0 Å². The molecule has 0 bridgehead atoms. The number of nitrogens with zero attached hydrogens (tertiary/aromatic N) is 4. The first-order chi connectivity index (χ1) is 13.8. The van der Waals surface area contributed by atoms with Crippen LogP contribution >= 0.6 is 15.9 Å². The zero-order valence-electron chi connectivity index (χ0n) is 15.6. The lowest BCUT2D eigenvalue weighted by atomic mass is 10.00. The quantitative estimate of drug-likeness (QED) is 0.437. The van der Waals surface area contributed by atoms with Gasteiger partial charge in [-0.05, 0) is 35.0 Å². The second-order valence-corrected chi connectivity index (χ2v) is 9.28. The largest absolute Gasteiger partial charge is 0.490 e. The van der Waals surface area contributed by atoms with Gasteiger partial charge in [0.2, 0.25) is 5.96 Å². The van der Waals surface area contributed by atoms with Crippen molar-refractivity contribution in [3.05, 3.63) is 28.2 Å². The molecule has 0 unspecified atom stereocenters. The van der Waals surface area contributed by atoms with E-state index >= 15 is 0 Å². The lowest BCUT2D eigenvalue weighted by Gasteiger charge is -2.36. The third-order valence-electron chi connectivity index (χ3n) is 3.59. The van der Waals surface area contributed by atoms with Gasteiger partial charge in [-0.1, -0.05) is 0 Å². The highest BCUT2D eigenvalue weighted by molar-refractivity contribution is 9.10. The maximum absolute atomic E-state index is 14.1. The highest BCUT2D eigenvalue weighted by Crippen LogP contribution is 2.34. The van der Waals surface area contributed by atoms with E-state index in [1.807, 2.05) is 0 Å². The predicted octanol–water partition coefficient (Wildman–Crippen LogP) is 3.04. The van der Waals surface area contributed by atoms with Crippen molar-refractivity contribution in [1.29, 1.82) is 0 Å². The summed E-state index contributed by atoms with van der Waals surface area (Å²) >= 11 is 3.09. The highest BCUT2D eigenvalue weighted by atomic mass is 79.9. The van der Waals surface area contributed by atoms with Crippen molar-refractivity contribution >= 4 is 37.8 Å². The smallest absolute Gasteiger partial charge is 0.475 e. The molecule has 0 amide bonds. The lowest BCUT2D eigenvalue weighted by molar-refractivity contribution is -0.192. The number of carboxylic acid groups (broad SMARTS) is 1. The monoisotopic (exact) mass is 545 g/mol. The Hall–Kier alpha value is -2.17. The number of hydrogen-bond donors (Lipinski definition) is 2. The van der Waals surface area contributed by atoms with Crippen LogP contribution in [0.15, 0.2) is 26.1 Å². The van der Waals surface area contributed by atoms with E-state index in [4.69, 9.17) is 15.6 Å². The van der Waals surface area contributed by atoms with Crippen LogP contribution in [-0.4, -0.2) is 62.2 Å². The minimum absolute atomic E-state index is 0.178. The van der Waals surface area contributed by atoms with Gasteiger partial charge in [0.1, 0.15) is 38.1 Å². The summed E-state index contributed by atoms with van der Waals surface area (Å²) in [5, 5.41) is 7.12. The molecule has 3 N–H and O–H groups in total. The van der Waals surface area contributed by atoms with Crippen LogP contribution in [0, 0.1) is 5.82 Å². The van der Waals surface area contributed by atoms with Crippen molar-refractivity contribution in [2.24, 2.45) is 15.1 Å². The Morgan fingerprint density at radius 2 is 1.87 bits per heavy atom. The zero-order valence-corrected chi connectivity index (χ0v) is 18.0. The standard InChI is InChI=1S/C12H14BrF4N5OS.C2HF3O2/c1-11(9-7(14)3-4-8(13)20-9)6-24(23,19-5-12(15,16)17)22(2)10(18)21-11;3-2(4,5)1(6)7/h3-4H,5-6H2,1-2H3,(H2,18,21);(H,6,7)/t11-,24-;/m0./s1. The third-order valence-corrected chi connectivity index (χ3v) is 6.55. The maximum Gasteiger partial charge on any atom is 0.490 e. The topological polar surface area (TPSA) is 121 Å². The maximum atomic E-state index is 14.1. The molecule has 31 heavy (non-hydrogen) atoms. The molecular weight excluding hydrogens is 531 g/mol. The number of rotatable bonds is 2. The van der Waals surface area contributed by atoms with E-state index in [9.17, 15) is 34.9 Å². The van der Waals surface area contributed by atoms with Crippen LogP contribution in [0.3, 0.4) is 0 Å². The summed E-state index contributed by atoms with van der Waals surface area (Å²) in [6.45, 7) is -0.207. The Morgan fingerprint density at radius 3 is 2.32 bits per heavy atom. The van der Waals surface area contributed by atoms with Crippen molar-refractivity contribution in [2.45, 2.75) is 24.8 Å². The molecule has 0 saturated heterocycles. The summed E-state index contributed by atoms with van der Waals surface area (Å²) in [6.07, 6.45) is -9.70. The van der Waals surface area contributed by atoms with Crippen molar-refractivity contribution in [1.82, 2.24) is 9.29 Å². The van der Waals surface area contributed by atoms with Crippen molar-refractivity contribution in [2.75, 3.05) is 19.3 Å². The van der Waals surface area contributed by atoms with Gasteiger partial charge in [0.05, 0.1) is 5.75 Å². The van der Waals surface area contributed by atoms with Gasteiger partial charge in [-0.2, -0.15) is 26.3 Å². The third kappa shape index (κ3) is 7.19. The fourth-order valence-electron chi connectivity index (χ4n) is 2.19. The fraction of sp³-hybridized carbons (Fsp3) is 0.500. The number of nitrogens with two attached hydrogens (primary N) is 1. The van der Waals surface area contributed by atoms with Crippen LogP contribution in [-0.2, 0) is 20.2 Å². The van der Waals surface area contributed by atoms with Crippen LogP contribution in [0.1, 0.15) is 12.6 Å². The Bertz CT molecular complexity index is 991. The summed E-state index contributed by atoms with van der Waals surface area (Å²) in [6, 6.07) is 2.48. The Balaban J connectivity index is 0.000000592. The second-order valence-electron chi connectivity index (χ2n) is 6.16. The first-order valence-electron chi connectivity index (χ1n) is 7.80. The van der Waals surface area contributed by atoms with Crippen LogP contribution in [0.4, 0.5) is 30.7 Å². The molecule has 176 valence electrons. The first kappa shape index (κ1) is 26.9. The molecule has 2 heterocycles. The number of aliphatic imine (C=N–C) groups is 1. The molecule has 0 spiro atoms. The first-order valence-corrected chi connectivity index (χ1v) is 10.2. The van der Waals surface area contributed by atoms with Gasteiger partial charge in [-0.15, -0.1) is 0 Å². The van der Waals surface area contributed by atoms with E-state index in [1.54, 1.807) is 0 Å². The van der Waals surface area contributed by atoms with E-state index in [1.165, 1.54) is 20.0 Å². The van der Waals surface area contributed by atoms with Gasteiger partial charge >= 0.3 is 18.3 Å². The Kier molecular flexibility index (Phi) is 7.92. The molecule has 0 aliphatic carbocycles. The zero-order chi connectivity index (χ0) is 24.4. The van der Waals surface area contributed by atoms with Crippen LogP contribution in [0.2, 0.25) is 0 Å². The second kappa shape index (κ2) is 9.13. The van der Waals surface area contributed by atoms with Gasteiger partial charge in [0.25, 0.3) is 0 Å². The molecule has 0 saturated carbocycles. The summed E-state index contributed by atoms with van der Waals surface area (Å²) in [7, 11) is -2.35. The molecule has 0 fully saturated rings. The van der Waals surface area contributed by atoms with Gasteiger partial charge in [-0.3, -0.25) is 4.31 Å². The summed E-state index contributed by atoms with van der Waals surface area (Å²) < 4.78 is 101. The molecule has 2 atom stereocenters. The summed E-state index contributed by atoms with van der Waals surface area (Å²) in [5.74, 6) is -4.28. The molecule has 0 radical (unpaired) electrons. The molecule has 1 aromatic rings. The molecule has 0 aromatic carbocycles. The van der Waals surface area contributed by atoms with E-state index in [-0.39, 0.29) is 11.7 Å². The highest BCUT2D eigenvalue weighted by Gasteiger charge is 2.42. The average Bonchev–Trinajstić information content (AvgIpc) is 2.59. The van der Waals surface area contributed by atoms with Crippen molar-refractivity contribution in [3.8, 4) is 0 Å². The van der Waals surface area contributed by atoms with Gasteiger partial charge in [0, 0.05) is 7.05 Å². The number of halogens is 8.